The highest BCUT2D eigenvalue weighted by molar-refractivity contribution is 5.85. The molecule has 0 heterocycles. The number of carbonyl (C=O) groups excluding carboxylic acids is 1. The number of nitrogens with zero attached hydrogens (tertiary/aromatic N) is 2. The molecule has 0 radical (unpaired) electrons. The summed E-state index contributed by atoms with van der Waals surface area (Å²) >= 11 is 0. The molecule has 6 nitrogen and oxygen atoms in total. The van der Waals surface area contributed by atoms with Gasteiger partial charge < -0.3 is 19.6 Å². The third-order valence-electron chi connectivity index (χ3n) is 3.64. The van der Waals surface area contributed by atoms with Crippen molar-refractivity contribution < 1.29 is 19.4 Å². The summed E-state index contributed by atoms with van der Waals surface area (Å²) < 4.78 is 4.83. The maximum Gasteiger partial charge on any atom is 0.331 e. The van der Waals surface area contributed by atoms with Crippen molar-refractivity contribution in [2.45, 2.75) is 34.1 Å². The van der Waals surface area contributed by atoms with Crippen LogP contribution in [0.4, 0.5) is 0 Å². The molecule has 0 amide bonds. The lowest BCUT2D eigenvalue weighted by Gasteiger charge is -2.17. The van der Waals surface area contributed by atoms with Crippen molar-refractivity contribution in [2.24, 2.45) is 0 Å². The molecule has 6 heteroatoms. The number of aliphatic carboxylic acids is 1. The number of rotatable bonds is 12. The van der Waals surface area contributed by atoms with Crippen molar-refractivity contribution in [3.8, 4) is 0 Å². The van der Waals surface area contributed by atoms with Crippen LogP contribution in [0.3, 0.4) is 0 Å². The van der Waals surface area contributed by atoms with E-state index in [1.54, 1.807) is 0 Å². The van der Waals surface area contributed by atoms with Gasteiger partial charge >= 0.3 is 11.9 Å². The Morgan fingerprint density at radius 2 is 1.46 bits per heavy atom. The summed E-state index contributed by atoms with van der Waals surface area (Å²) in [5.74, 6) is -1.23. The van der Waals surface area contributed by atoms with Crippen molar-refractivity contribution in [1.29, 1.82) is 0 Å². The molecule has 0 aromatic rings. The second kappa shape index (κ2) is 16.2. The maximum atomic E-state index is 10.6. The predicted octanol–water partition coefficient (Wildman–Crippen LogP) is 2.42. The van der Waals surface area contributed by atoms with Gasteiger partial charge in [-0.05, 0) is 32.6 Å². The van der Waals surface area contributed by atoms with Crippen LogP contribution < -0.4 is 0 Å². The van der Waals surface area contributed by atoms with E-state index in [-0.39, 0.29) is 5.97 Å². The van der Waals surface area contributed by atoms with Crippen LogP contribution >= 0.6 is 0 Å². The first-order valence-electron chi connectivity index (χ1n) is 8.50. The summed E-state index contributed by atoms with van der Waals surface area (Å²) in [6, 6.07) is 0. The van der Waals surface area contributed by atoms with Crippen molar-refractivity contribution in [3.05, 3.63) is 24.8 Å². The number of carboxylic acids is 1. The fraction of sp³-hybridized carbons (Fsp3) is 0.667. The fourth-order valence-electron chi connectivity index (χ4n) is 1.81. The molecule has 0 fully saturated rings. The monoisotopic (exact) mass is 342 g/mol. The molecule has 0 saturated heterocycles. The Hall–Kier alpha value is -1.66. The van der Waals surface area contributed by atoms with Gasteiger partial charge in [0.05, 0.1) is 0 Å². The Kier molecular flexibility index (Phi) is 16.6. The summed E-state index contributed by atoms with van der Waals surface area (Å²) in [4.78, 5) is 25.3. The highest BCUT2D eigenvalue weighted by Gasteiger charge is 2.05. The summed E-state index contributed by atoms with van der Waals surface area (Å²) in [7, 11) is 0. The number of hydrogen-bond donors (Lipinski definition) is 1. The van der Waals surface area contributed by atoms with Crippen molar-refractivity contribution in [3.63, 3.8) is 0 Å². The SMILES string of the molecule is C=C(CCN(CC)CC)C(=O)O.C=CC(=O)OCCN(CC)CC. The van der Waals surface area contributed by atoms with Crippen molar-refractivity contribution in [1.82, 2.24) is 9.80 Å². The quantitative estimate of drug-likeness (QED) is 0.434. The topological polar surface area (TPSA) is 70.1 Å². The second-order valence-electron chi connectivity index (χ2n) is 5.08. The molecule has 0 aromatic carbocycles. The normalized spacial score (nSPS) is 10.1. The smallest absolute Gasteiger partial charge is 0.331 e. The molecule has 0 unspecified atom stereocenters. The van der Waals surface area contributed by atoms with Gasteiger partial charge in [0.25, 0.3) is 0 Å². The van der Waals surface area contributed by atoms with Crippen LogP contribution in [-0.4, -0.2) is 72.7 Å². The van der Waals surface area contributed by atoms with Crippen LogP contribution in [0.5, 0.6) is 0 Å². The van der Waals surface area contributed by atoms with E-state index in [1.807, 2.05) is 0 Å². The minimum absolute atomic E-state index is 0.293. The first-order valence-corrected chi connectivity index (χ1v) is 8.50. The van der Waals surface area contributed by atoms with Crippen LogP contribution in [0.2, 0.25) is 0 Å². The minimum atomic E-state index is -0.887. The van der Waals surface area contributed by atoms with E-state index in [0.717, 1.165) is 39.3 Å². The molecule has 0 saturated carbocycles. The number of hydrogen-bond acceptors (Lipinski definition) is 5. The molecule has 24 heavy (non-hydrogen) atoms. The zero-order chi connectivity index (χ0) is 19.0. The van der Waals surface area contributed by atoms with Gasteiger partial charge in [-0.3, -0.25) is 0 Å². The van der Waals surface area contributed by atoms with Gasteiger partial charge in [-0.2, -0.15) is 0 Å². The fourth-order valence-corrected chi connectivity index (χ4v) is 1.81. The van der Waals surface area contributed by atoms with Gasteiger partial charge in [0.1, 0.15) is 6.61 Å². The first kappa shape index (κ1) is 24.6. The van der Waals surface area contributed by atoms with E-state index in [4.69, 9.17) is 9.84 Å². The number of carbonyl (C=O) groups is 2. The van der Waals surface area contributed by atoms with Gasteiger partial charge in [0.15, 0.2) is 0 Å². The molecular weight excluding hydrogens is 308 g/mol. The van der Waals surface area contributed by atoms with Crippen molar-refractivity contribution >= 4 is 11.9 Å². The molecular formula is C18H34N2O4. The average Bonchev–Trinajstić information content (AvgIpc) is 2.59. The minimum Gasteiger partial charge on any atom is -0.478 e. The molecule has 0 aliphatic heterocycles. The Bertz CT molecular complexity index is 373. The molecule has 0 aliphatic rings. The van der Waals surface area contributed by atoms with Gasteiger partial charge in [-0.15, -0.1) is 0 Å². The molecule has 0 aliphatic carbocycles. The zero-order valence-corrected chi connectivity index (χ0v) is 15.7. The van der Waals surface area contributed by atoms with E-state index in [9.17, 15) is 9.59 Å². The lowest BCUT2D eigenvalue weighted by atomic mass is 10.2. The van der Waals surface area contributed by atoms with Crippen LogP contribution in [-0.2, 0) is 14.3 Å². The Balaban J connectivity index is 0. The molecule has 0 spiro atoms. The molecule has 140 valence electrons. The first-order chi connectivity index (χ1) is 11.4. The van der Waals surface area contributed by atoms with Crippen LogP contribution in [0.1, 0.15) is 34.1 Å². The number of likely N-dealkylation sites (N-methyl/N-ethyl adjacent to an activating group) is 1. The maximum absolute atomic E-state index is 10.6. The molecule has 0 aromatic heterocycles. The Morgan fingerprint density at radius 1 is 1.00 bits per heavy atom. The van der Waals surface area contributed by atoms with Crippen LogP contribution in [0, 0.1) is 0 Å². The summed E-state index contributed by atoms with van der Waals surface area (Å²) in [6.45, 7) is 21.0. The van der Waals surface area contributed by atoms with E-state index in [2.05, 4.69) is 50.7 Å². The predicted molar refractivity (Wildman–Crippen MR) is 98.1 cm³/mol. The van der Waals surface area contributed by atoms with E-state index in [1.165, 1.54) is 6.08 Å². The largest absolute Gasteiger partial charge is 0.478 e. The van der Waals surface area contributed by atoms with Crippen LogP contribution in [0.15, 0.2) is 24.8 Å². The molecule has 1 N–H and O–H groups in total. The summed E-state index contributed by atoms with van der Waals surface area (Å²) in [5, 5.41) is 8.52. The second-order valence-corrected chi connectivity index (χ2v) is 5.08. The summed E-state index contributed by atoms with van der Waals surface area (Å²) in [5.41, 5.74) is 0.293. The third kappa shape index (κ3) is 14.0. The van der Waals surface area contributed by atoms with Crippen molar-refractivity contribution in [2.75, 3.05) is 45.9 Å². The van der Waals surface area contributed by atoms with Gasteiger partial charge in [-0.25, -0.2) is 9.59 Å². The van der Waals surface area contributed by atoms with Crippen LogP contribution in [0.25, 0.3) is 0 Å². The lowest BCUT2D eigenvalue weighted by Crippen LogP contribution is -2.27. The molecule has 0 atom stereocenters. The standard InChI is InChI=1S/2C9H17NO2/c1-4-10(5-2)7-6-8(3)9(11)12;1-4-9(11)12-8-7-10(5-2)6-3/h3-7H2,1-2H3,(H,11,12);4H,1,5-8H2,2-3H3. The van der Waals surface area contributed by atoms with Gasteiger partial charge in [0.2, 0.25) is 0 Å². The number of esters is 1. The molecule has 0 rings (SSSR count). The average molecular weight is 342 g/mol. The Morgan fingerprint density at radius 3 is 1.83 bits per heavy atom. The van der Waals surface area contributed by atoms with Gasteiger partial charge in [0, 0.05) is 24.7 Å². The van der Waals surface area contributed by atoms with E-state index < -0.39 is 5.97 Å². The highest BCUT2D eigenvalue weighted by Crippen LogP contribution is 2.00. The van der Waals surface area contributed by atoms with E-state index in [0.29, 0.717) is 18.6 Å². The third-order valence-corrected chi connectivity index (χ3v) is 3.64. The molecule has 0 bridgehead atoms. The Labute approximate surface area is 146 Å². The number of ether oxygens (including phenoxy) is 1. The lowest BCUT2D eigenvalue weighted by molar-refractivity contribution is -0.138. The zero-order valence-electron chi connectivity index (χ0n) is 15.7. The highest BCUT2D eigenvalue weighted by atomic mass is 16.5. The number of carboxylic acid groups (broad SMARTS) is 1. The van der Waals surface area contributed by atoms with E-state index >= 15 is 0 Å². The summed E-state index contributed by atoms with van der Waals surface area (Å²) in [6.07, 6.45) is 1.74. The van der Waals surface area contributed by atoms with Gasteiger partial charge in [-0.1, -0.05) is 40.9 Å².